The summed E-state index contributed by atoms with van der Waals surface area (Å²) in [5.41, 5.74) is 1.89. The number of imide groups is 1. The first kappa shape index (κ1) is 21.0. The van der Waals surface area contributed by atoms with Crippen molar-refractivity contribution >= 4 is 45.3 Å². The van der Waals surface area contributed by atoms with Crippen LogP contribution in [0.25, 0.3) is 21.5 Å². The van der Waals surface area contributed by atoms with E-state index in [-0.39, 0.29) is 24.2 Å². The van der Waals surface area contributed by atoms with Crippen molar-refractivity contribution < 1.29 is 14.0 Å². The first-order valence-electron chi connectivity index (χ1n) is 10.7. The Labute approximate surface area is 190 Å². The Bertz CT molecular complexity index is 1460. The van der Waals surface area contributed by atoms with Gasteiger partial charge in [-0.1, -0.05) is 42.5 Å². The van der Waals surface area contributed by atoms with Gasteiger partial charge in [-0.3, -0.25) is 19.5 Å². The van der Waals surface area contributed by atoms with E-state index in [9.17, 15) is 14.0 Å². The van der Waals surface area contributed by atoms with Crippen LogP contribution in [0.4, 0.5) is 10.1 Å². The predicted octanol–water partition coefficient (Wildman–Crippen LogP) is 5.04. The van der Waals surface area contributed by atoms with E-state index in [0.717, 1.165) is 10.8 Å². The van der Waals surface area contributed by atoms with Crippen LogP contribution in [-0.2, 0) is 0 Å². The minimum atomic E-state index is -0.368. The largest absolute Gasteiger partial charge is 0.308 e. The molecule has 6 heteroatoms. The van der Waals surface area contributed by atoms with Gasteiger partial charge in [0.1, 0.15) is 5.82 Å². The molecule has 5 nitrogen and oxygen atoms in total. The monoisotopic (exact) mass is 439 g/mol. The van der Waals surface area contributed by atoms with E-state index in [0.29, 0.717) is 39.7 Å². The molecule has 0 aromatic heterocycles. The highest BCUT2D eigenvalue weighted by Crippen LogP contribution is 2.39. The number of rotatable bonds is 5. The first-order valence-corrected chi connectivity index (χ1v) is 10.7. The molecule has 2 amide bonds. The molecule has 0 N–H and O–H groups in total. The van der Waals surface area contributed by atoms with Crippen molar-refractivity contribution in [3.63, 3.8) is 0 Å². The molecule has 0 saturated carbocycles. The van der Waals surface area contributed by atoms with E-state index < -0.39 is 0 Å². The van der Waals surface area contributed by atoms with E-state index in [1.807, 2.05) is 49.3 Å². The van der Waals surface area contributed by atoms with Crippen LogP contribution in [-0.4, -0.2) is 55.0 Å². The number of benzene rings is 4. The van der Waals surface area contributed by atoms with Gasteiger partial charge < -0.3 is 4.90 Å². The lowest BCUT2D eigenvalue weighted by Gasteiger charge is -2.29. The van der Waals surface area contributed by atoms with Gasteiger partial charge >= 0.3 is 0 Å². The van der Waals surface area contributed by atoms with Crippen molar-refractivity contribution in [2.24, 2.45) is 4.99 Å². The minimum absolute atomic E-state index is 0.286. The fraction of sp³-hybridized carbons (Fsp3) is 0.148. The topological polar surface area (TPSA) is 53.0 Å². The summed E-state index contributed by atoms with van der Waals surface area (Å²) in [4.78, 5) is 34.7. The fourth-order valence-electron chi connectivity index (χ4n) is 4.31. The smallest absolute Gasteiger partial charge is 0.262 e. The Hall–Kier alpha value is -3.90. The highest BCUT2D eigenvalue weighted by atomic mass is 19.1. The van der Waals surface area contributed by atoms with Crippen molar-refractivity contribution in [2.45, 2.75) is 0 Å². The van der Waals surface area contributed by atoms with Crippen molar-refractivity contribution in [3.8, 4) is 0 Å². The predicted molar refractivity (Wildman–Crippen MR) is 129 cm³/mol. The average molecular weight is 439 g/mol. The Morgan fingerprint density at radius 1 is 0.909 bits per heavy atom. The molecule has 0 spiro atoms. The maximum atomic E-state index is 14.1. The first-order chi connectivity index (χ1) is 16.0. The van der Waals surface area contributed by atoms with Gasteiger partial charge in [-0.2, -0.15) is 0 Å². The van der Waals surface area contributed by atoms with E-state index in [1.165, 1.54) is 17.2 Å². The Kier molecular flexibility index (Phi) is 5.23. The van der Waals surface area contributed by atoms with Gasteiger partial charge in [0.25, 0.3) is 11.8 Å². The second-order valence-corrected chi connectivity index (χ2v) is 8.38. The third kappa shape index (κ3) is 3.58. The Morgan fingerprint density at radius 3 is 2.39 bits per heavy atom. The molecule has 1 aliphatic heterocycles. The SMILES string of the molecule is CN(C)CCN1C(=O)c2cccc3cc4cccc(N=Cc5ccccc5F)c4c(c23)C1=O. The number of carbonyl (C=O) groups excluding carboxylic acids is 2. The van der Waals surface area contributed by atoms with Gasteiger partial charge in [-0.05, 0) is 49.1 Å². The fourth-order valence-corrected chi connectivity index (χ4v) is 4.31. The maximum Gasteiger partial charge on any atom is 0.262 e. The zero-order valence-electron chi connectivity index (χ0n) is 18.4. The van der Waals surface area contributed by atoms with Gasteiger partial charge in [0.2, 0.25) is 0 Å². The minimum Gasteiger partial charge on any atom is -0.308 e. The van der Waals surface area contributed by atoms with Crippen LogP contribution in [0.15, 0.2) is 71.7 Å². The molecule has 1 heterocycles. The highest BCUT2D eigenvalue weighted by molar-refractivity contribution is 6.31. The molecule has 5 rings (SSSR count). The summed E-state index contributed by atoms with van der Waals surface area (Å²) >= 11 is 0. The van der Waals surface area contributed by atoms with Gasteiger partial charge in [0, 0.05) is 41.2 Å². The van der Waals surface area contributed by atoms with Crippen LogP contribution >= 0.6 is 0 Å². The van der Waals surface area contributed by atoms with E-state index >= 15 is 0 Å². The van der Waals surface area contributed by atoms with Crippen molar-refractivity contribution in [3.05, 3.63) is 89.2 Å². The lowest BCUT2D eigenvalue weighted by Crippen LogP contribution is -2.43. The summed E-state index contributed by atoms with van der Waals surface area (Å²) < 4.78 is 14.1. The van der Waals surface area contributed by atoms with Gasteiger partial charge in [-0.15, -0.1) is 0 Å². The average Bonchev–Trinajstić information content (AvgIpc) is 2.80. The van der Waals surface area contributed by atoms with E-state index in [1.54, 1.807) is 30.3 Å². The van der Waals surface area contributed by atoms with Gasteiger partial charge in [0.05, 0.1) is 11.3 Å². The van der Waals surface area contributed by atoms with Crippen LogP contribution < -0.4 is 0 Å². The second kappa shape index (κ2) is 8.22. The number of carbonyl (C=O) groups is 2. The molecule has 0 radical (unpaired) electrons. The third-order valence-corrected chi connectivity index (χ3v) is 5.94. The Morgan fingerprint density at radius 2 is 1.64 bits per heavy atom. The van der Waals surface area contributed by atoms with Crippen molar-refractivity contribution in [1.82, 2.24) is 9.80 Å². The molecule has 1 aliphatic rings. The second-order valence-electron chi connectivity index (χ2n) is 8.38. The number of nitrogens with zero attached hydrogens (tertiary/aromatic N) is 3. The molecule has 0 saturated heterocycles. The molecule has 0 bridgehead atoms. The summed E-state index contributed by atoms with van der Waals surface area (Å²) in [7, 11) is 3.80. The van der Waals surface area contributed by atoms with E-state index in [2.05, 4.69) is 4.99 Å². The Balaban J connectivity index is 1.76. The molecule has 0 unspecified atom stereocenters. The van der Waals surface area contributed by atoms with Crippen LogP contribution in [0.3, 0.4) is 0 Å². The van der Waals surface area contributed by atoms with Crippen molar-refractivity contribution in [1.29, 1.82) is 0 Å². The molecule has 0 aliphatic carbocycles. The summed E-state index contributed by atoms with van der Waals surface area (Å²) in [5, 5.41) is 2.99. The normalized spacial score (nSPS) is 13.8. The standard InChI is InChI=1S/C27H22FN3O2/c1-30(2)13-14-31-26(32)20-10-5-8-17-15-18-9-6-12-22(24(18)25(23(17)20)27(31)33)29-16-19-7-3-4-11-21(19)28/h3-12,15-16H,13-14H2,1-2H3. The number of hydrogen-bond donors (Lipinski definition) is 0. The summed E-state index contributed by atoms with van der Waals surface area (Å²) in [6.07, 6.45) is 1.47. The van der Waals surface area contributed by atoms with Crippen LogP contribution in [0.5, 0.6) is 0 Å². The molecular weight excluding hydrogens is 417 g/mol. The molecule has 4 aromatic carbocycles. The molecule has 0 atom stereocenters. The third-order valence-electron chi connectivity index (χ3n) is 5.94. The van der Waals surface area contributed by atoms with E-state index in [4.69, 9.17) is 0 Å². The van der Waals surface area contributed by atoms with Gasteiger partial charge in [0.15, 0.2) is 0 Å². The zero-order valence-corrected chi connectivity index (χ0v) is 18.4. The molecule has 4 aromatic rings. The number of aliphatic imine (C=N–C) groups is 1. The van der Waals surface area contributed by atoms with Crippen LogP contribution in [0, 0.1) is 5.82 Å². The van der Waals surface area contributed by atoms with Crippen LogP contribution in [0.2, 0.25) is 0 Å². The number of likely N-dealkylation sites (N-methyl/N-ethyl adjacent to an activating group) is 1. The summed E-state index contributed by atoms with van der Waals surface area (Å²) in [6.45, 7) is 0.851. The lowest BCUT2D eigenvalue weighted by molar-refractivity contribution is 0.0602. The quantitative estimate of drug-likeness (QED) is 0.249. The molecule has 0 fully saturated rings. The molecular formula is C27H22FN3O2. The molecule has 164 valence electrons. The highest BCUT2D eigenvalue weighted by Gasteiger charge is 2.34. The van der Waals surface area contributed by atoms with Crippen LogP contribution in [0.1, 0.15) is 26.3 Å². The number of amides is 2. The van der Waals surface area contributed by atoms with Gasteiger partial charge in [-0.25, -0.2) is 4.39 Å². The number of halogens is 1. The summed E-state index contributed by atoms with van der Waals surface area (Å²) in [6, 6.07) is 19.5. The molecule has 33 heavy (non-hydrogen) atoms. The number of fused-ring (bicyclic) bond motifs is 2. The maximum absolute atomic E-state index is 14.1. The number of hydrogen-bond acceptors (Lipinski definition) is 4. The van der Waals surface area contributed by atoms with Crippen molar-refractivity contribution in [2.75, 3.05) is 27.2 Å². The zero-order chi connectivity index (χ0) is 23.1. The summed E-state index contributed by atoms with van der Waals surface area (Å²) in [5.74, 6) is -0.983. The lowest BCUT2D eigenvalue weighted by atomic mass is 9.89.